The van der Waals surface area contributed by atoms with E-state index in [4.69, 9.17) is 4.74 Å². The number of carbonyl (C=O) groups excluding carboxylic acids is 1. The van der Waals surface area contributed by atoms with E-state index in [9.17, 15) is 31.1 Å². The van der Waals surface area contributed by atoms with Crippen LogP contribution in [0, 0.1) is 0 Å². The van der Waals surface area contributed by atoms with E-state index in [1.807, 2.05) is 60.7 Å². The second-order valence-electron chi connectivity index (χ2n) is 8.51. The number of benzene rings is 3. The Morgan fingerprint density at radius 2 is 1.30 bits per heavy atom. The minimum atomic E-state index is -4.94. The minimum Gasteiger partial charge on any atom is -0.375 e. The van der Waals surface area contributed by atoms with Crippen molar-refractivity contribution in [2.75, 3.05) is 6.61 Å². The number of nitrogens with one attached hydrogen (secondary N) is 2. The summed E-state index contributed by atoms with van der Waals surface area (Å²) >= 11 is 0. The van der Waals surface area contributed by atoms with E-state index in [1.54, 1.807) is 6.92 Å². The average molecular weight is 525 g/mol. The van der Waals surface area contributed by atoms with Crippen LogP contribution in [0.2, 0.25) is 0 Å². The third kappa shape index (κ3) is 8.06. The number of rotatable bonds is 11. The van der Waals surface area contributed by atoms with E-state index in [0.29, 0.717) is 18.5 Å². The fraction of sp³-hybridized carbons (Fsp3) is 0.296. The minimum absolute atomic E-state index is 0.0725. The van der Waals surface area contributed by atoms with Crippen LogP contribution in [0.1, 0.15) is 40.7 Å². The van der Waals surface area contributed by atoms with E-state index >= 15 is 0 Å². The molecule has 198 valence electrons. The van der Waals surface area contributed by atoms with E-state index in [-0.39, 0.29) is 24.2 Å². The Morgan fingerprint density at radius 3 is 1.73 bits per heavy atom. The number of carbonyl (C=O) groups is 1. The van der Waals surface area contributed by atoms with Gasteiger partial charge in [-0.15, -0.1) is 0 Å². The van der Waals surface area contributed by atoms with Crippen LogP contribution in [0.3, 0.4) is 0 Å². The molecule has 2 atom stereocenters. The standard InChI is InChI=1S/C27H26F6N2O2/c1-18(34-17-36)35-24(25(20-8-4-2-5-9-20)21-10-6-3-7-11-21)16-37-15-19-12-22(26(28,29)30)14-23(13-19)27(31,32)33/h2-14,17-18,24-25,35H,15-16H2,1H3,(H,34,36). The van der Waals surface area contributed by atoms with Crippen molar-refractivity contribution < 1.29 is 35.9 Å². The zero-order valence-electron chi connectivity index (χ0n) is 19.8. The van der Waals surface area contributed by atoms with Crippen molar-refractivity contribution >= 4 is 6.41 Å². The van der Waals surface area contributed by atoms with Crippen molar-refractivity contribution in [1.29, 1.82) is 0 Å². The van der Waals surface area contributed by atoms with E-state index in [2.05, 4.69) is 10.6 Å². The summed E-state index contributed by atoms with van der Waals surface area (Å²) in [4.78, 5) is 11.0. The van der Waals surface area contributed by atoms with Crippen LogP contribution < -0.4 is 10.6 Å². The first-order chi connectivity index (χ1) is 17.5. The molecule has 37 heavy (non-hydrogen) atoms. The summed E-state index contributed by atoms with van der Waals surface area (Å²) in [6.45, 7) is 1.16. The van der Waals surface area contributed by atoms with Crippen LogP contribution in [0.4, 0.5) is 26.3 Å². The third-order valence-corrected chi connectivity index (χ3v) is 5.72. The SMILES string of the molecule is CC(NC=O)NC(COCc1cc(C(F)(F)F)cc(C(F)(F)F)c1)C(c1ccccc1)c1ccccc1. The molecule has 0 bridgehead atoms. The van der Waals surface area contributed by atoms with Gasteiger partial charge in [0.25, 0.3) is 0 Å². The van der Waals surface area contributed by atoms with Gasteiger partial charge in [-0.2, -0.15) is 26.3 Å². The Labute approximate surface area is 210 Å². The third-order valence-electron chi connectivity index (χ3n) is 5.72. The molecule has 0 aliphatic rings. The smallest absolute Gasteiger partial charge is 0.375 e. The van der Waals surface area contributed by atoms with Gasteiger partial charge in [0.05, 0.1) is 30.5 Å². The molecule has 0 saturated carbocycles. The Hall–Kier alpha value is -3.37. The molecule has 0 aliphatic carbocycles. The average Bonchev–Trinajstić information content (AvgIpc) is 2.84. The molecule has 3 aromatic rings. The van der Waals surface area contributed by atoms with Crippen LogP contribution in [-0.2, 0) is 28.5 Å². The molecule has 4 nitrogen and oxygen atoms in total. The second kappa shape index (κ2) is 12.2. The van der Waals surface area contributed by atoms with Gasteiger partial charge in [-0.3, -0.25) is 10.1 Å². The van der Waals surface area contributed by atoms with Gasteiger partial charge in [0.2, 0.25) is 6.41 Å². The maximum Gasteiger partial charge on any atom is 0.416 e. The van der Waals surface area contributed by atoms with Crippen molar-refractivity contribution in [3.63, 3.8) is 0 Å². The summed E-state index contributed by atoms with van der Waals surface area (Å²) in [7, 11) is 0. The zero-order chi connectivity index (χ0) is 27.1. The highest BCUT2D eigenvalue weighted by Gasteiger charge is 2.37. The normalized spacial score (nSPS) is 13.8. The van der Waals surface area contributed by atoms with Crippen molar-refractivity contribution in [2.45, 2.75) is 44.0 Å². The van der Waals surface area contributed by atoms with Crippen LogP contribution >= 0.6 is 0 Å². The molecule has 0 aromatic heterocycles. The second-order valence-corrected chi connectivity index (χ2v) is 8.51. The molecule has 0 aliphatic heterocycles. The van der Waals surface area contributed by atoms with Crippen LogP contribution in [0.25, 0.3) is 0 Å². The summed E-state index contributed by atoms with van der Waals surface area (Å²) in [6.07, 6.45) is -9.85. The molecule has 0 spiro atoms. The molecular weight excluding hydrogens is 498 g/mol. The Bertz CT molecular complexity index is 1070. The van der Waals surface area contributed by atoms with Gasteiger partial charge < -0.3 is 10.1 Å². The Balaban J connectivity index is 1.90. The van der Waals surface area contributed by atoms with Crippen molar-refractivity contribution in [3.05, 3.63) is 107 Å². The van der Waals surface area contributed by atoms with Gasteiger partial charge in [-0.25, -0.2) is 0 Å². The molecular formula is C27H26F6N2O2. The number of hydrogen-bond donors (Lipinski definition) is 2. The molecule has 1 amide bonds. The van der Waals surface area contributed by atoms with E-state index in [1.165, 1.54) is 0 Å². The largest absolute Gasteiger partial charge is 0.416 e. The molecule has 0 fully saturated rings. The summed E-state index contributed by atoms with van der Waals surface area (Å²) in [6, 6.07) is 19.7. The summed E-state index contributed by atoms with van der Waals surface area (Å²) in [5.74, 6) is -0.300. The molecule has 3 aromatic carbocycles. The Morgan fingerprint density at radius 1 is 0.811 bits per heavy atom. The molecule has 2 N–H and O–H groups in total. The van der Waals surface area contributed by atoms with Gasteiger partial charge in [0.15, 0.2) is 0 Å². The molecule has 0 heterocycles. The van der Waals surface area contributed by atoms with Gasteiger partial charge >= 0.3 is 12.4 Å². The monoisotopic (exact) mass is 524 g/mol. The molecule has 0 radical (unpaired) electrons. The molecule has 0 saturated heterocycles. The van der Waals surface area contributed by atoms with E-state index in [0.717, 1.165) is 11.1 Å². The Kier molecular flexibility index (Phi) is 9.34. The van der Waals surface area contributed by atoms with Gasteiger partial charge in [0, 0.05) is 12.0 Å². The summed E-state index contributed by atoms with van der Waals surface area (Å²) < 4.78 is 85.1. The number of alkyl halides is 6. The first kappa shape index (κ1) is 28.2. The first-order valence-corrected chi connectivity index (χ1v) is 11.4. The van der Waals surface area contributed by atoms with Crippen LogP contribution in [0.5, 0.6) is 0 Å². The lowest BCUT2D eigenvalue weighted by Crippen LogP contribution is -2.49. The number of amides is 1. The van der Waals surface area contributed by atoms with Crippen LogP contribution in [0.15, 0.2) is 78.9 Å². The highest BCUT2D eigenvalue weighted by atomic mass is 19.4. The van der Waals surface area contributed by atoms with Crippen molar-refractivity contribution in [2.24, 2.45) is 0 Å². The number of halogens is 6. The fourth-order valence-corrected chi connectivity index (χ4v) is 4.10. The van der Waals surface area contributed by atoms with Crippen LogP contribution in [-0.4, -0.2) is 25.2 Å². The van der Waals surface area contributed by atoms with Gasteiger partial charge in [-0.1, -0.05) is 60.7 Å². The van der Waals surface area contributed by atoms with E-state index < -0.39 is 42.3 Å². The molecule has 10 heteroatoms. The lowest BCUT2D eigenvalue weighted by molar-refractivity contribution is -0.143. The molecule has 3 rings (SSSR count). The summed E-state index contributed by atoms with van der Waals surface area (Å²) in [5, 5.41) is 5.84. The number of hydrogen-bond acceptors (Lipinski definition) is 3. The van der Waals surface area contributed by atoms with Gasteiger partial charge in [0.1, 0.15) is 0 Å². The zero-order valence-corrected chi connectivity index (χ0v) is 19.8. The van der Waals surface area contributed by atoms with Crippen molar-refractivity contribution in [3.8, 4) is 0 Å². The fourth-order valence-electron chi connectivity index (χ4n) is 4.10. The van der Waals surface area contributed by atoms with Crippen molar-refractivity contribution in [1.82, 2.24) is 10.6 Å². The maximum atomic E-state index is 13.2. The lowest BCUT2D eigenvalue weighted by atomic mass is 9.85. The maximum absolute atomic E-state index is 13.2. The predicted octanol–water partition coefficient (Wildman–Crippen LogP) is 6.12. The first-order valence-electron chi connectivity index (χ1n) is 11.4. The number of ether oxygens (including phenoxy) is 1. The topological polar surface area (TPSA) is 50.4 Å². The highest BCUT2D eigenvalue weighted by molar-refractivity contribution is 5.46. The lowest BCUT2D eigenvalue weighted by Gasteiger charge is -2.31. The summed E-state index contributed by atoms with van der Waals surface area (Å²) in [5.41, 5.74) is -1.23. The highest BCUT2D eigenvalue weighted by Crippen LogP contribution is 2.36. The predicted molar refractivity (Wildman–Crippen MR) is 126 cm³/mol. The quantitative estimate of drug-likeness (QED) is 0.181. The molecule has 2 unspecified atom stereocenters. The van der Waals surface area contributed by atoms with Gasteiger partial charge in [-0.05, 0) is 41.8 Å².